The molecule has 5 heteroatoms. The Balaban J connectivity index is 2.08. The van der Waals surface area contributed by atoms with E-state index in [2.05, 4.69) is 0 Å². The van der Waals surface area contributed by atoms with Crippen LogP contribution in [0.4, 0.5) is 24.5 Å². The summed E-state index contributed by atoms with van der Waals surface area (Å²) in [6.45, 7) is 0.108. The van der Waals surface area contributed by atoms with Crippen molar-refractivity contribution < 1.29 is 13.2 Å². The molecule has 0 saturated carbocycles. The van der Waals surface area contributed by atoms with E-state index < -0.39 is 17.5 Å². The maximum Gasteiger partial charge on any atom is 0.149 e. The minimum Gasteiger partial charge on any atom is -0.332 e. The van der Waals surface area contributed by atoms with Crippen molar-refractivity contribution in [1.29, 1.82) is 0 Å². The molecular formula is C19H13ClF3N. The smallest absolute Gasteiger partial charge is 0.149 e. The van der Waals surface area contributed by atoms with Gasteiger partial charge in [-0.05, 0) is 54.1 Å². The maximum absolute atomic E-state index is 14.3. The molecule has 1 nitrogen and oxygen atoms in total. The lowest BCUT2D eigenvalue weighted by molar-refractivity contribution is 0.579. The normalized spacial score (nSPS) is 10.7. The largest absolute Gasteiger partial charge is 0.332 e. The summed E-state index contributed by atoms with van der Waals surface area (Å²) in [4.78, 5) is 1.45. The summed E-state index contributed by atoms with van der Waals surface area (Å²) < 4.78 is 42.0. The van der Waals surface area contributed by atoms with E-state index >= 15 is 0 Å². The first-order valence-electron chi connectivity index (χ1n) is 7.26. The van der Waals surface area contributed by atoms with Crippen LogP contribution in [0.1, 0.15) is 5.56 Å². The van der Waals surface area contributed by atoms with E-state index in [1.165, 1.54) is 35.2 Å². The molecule has 0 unspecified atom stereocenters. The summed E-state index contributed by atoms with van der Waals surface area (Å²) in [5.74, 6) is -1.79. The highest BCUT2D eigenvalue weighted by Gasteiger charge is 2.19. The van der Waals surface area contributed by atoms with Crippen LogP contribution in [0.2, 0.25) is 5.02 Å². The fourth-order valence-corrected chi connectivity index (χ4v) is 2.61. The van der Waals surface area contributed by atoms with E-state index in [-0.39, 0.29) is 12.2 Å². The number of rotatable bonds is 4. The van der Waals surface area contributed by atoms with Gasteiger partial charge >= 0.3 is 0 Å². The molecule has 0 atom stereocenters. The number of hydrogen-bond donors (Lipinski definition) is 0. The van der Waals surface area contributed by atoms with Gasteiger partial charge in [0, 0.05) is 17.3 Å². The van der Waals surface area contributed by atoms with Gasteiger partial charge in [-0.25, -0.2) is 13.2 Å². The van der Waals surface area contributed by atoms with E-state index in [0.717, 1.165) is 0 Å². The van der Waals surface area contributed by atoms with Gasteiger partial charge in [0.1, 0.15) is 23.1 Å². The van der Waals surface area contributed by atoms with Crippen LogP contribution in [0.3, 0.4) is 0 Å². The lowest BCUT2D eigenvalue weighted by atomic mass is 10.1. The first-order valence-corrected chi connectivity index (χ1v) is 7.64. The van der Waals surface area contributed by atoms with E-state index in [1.807, 2.05) is 0 Å². The van der Waals surface area contributed by atoms with Crippen LogP contribution < -0.4 is 4.90 Å². The second-order valence-corrected chi connectivity index (χ2v) is 5.70. The third-order valence-corrected chi connectivity index (χ3v) is 3.83. The molecule has 122 valence electrons. The van der Waals surface area contributed by atoms with Crippen LogP contribution in [-0.2, 0) is 6.54 Å². The molecular weight excluding hydrogens is 335 g/mol. The minimum absolute atomic E-state index is 0.108. The highest BCUT2D eigenvalue weighted by molar-refractivity contribution is 6.30. The molecule has 0 radical (unpaired) electrons. The summed E-state index contributed by atoms with van der Waals surface area (Å²) >= 11 is 5.89. The van der Waals surface area contributed by atoms with Gasteiger partial charge in [0.15, 0.2) is 0 Å². The summed E-state index contributed by atoms with van der Waals surface area (Å²) in [5, 5.41) is 0.512. The summed E-state index contributed by atoms with van der Waals surface area (Å²) in [7, 11) is 0. The molecule has 24 heavy (non-hydrogen) atoms. The average Bonchev–Trinajstić information content (AvgIpc) is 2.54. The highest BCUT2D eigenvalue weighted by atomic mass is 35.5. The highest BCUT2D eigenvalue weighted by Crippen LogP contribution is 2.32. The van der Waals surface area contributed by atoms with E-state index in [4.69, 9.17) is 11.6 Å². The van der Waals surface area contributed by atoms with Gasteiger partial charge in [-0.1, -0.05) is 29.8 Å². The molecule has 0 aliphatic heterocycles. The van der Waals surface area contributed by atoms with Gasteiger partial charge in [-0.2, -0.15) is 0 Å². The van der Waals surface area contributed by atoms with Crippen molar-refractivity contribution in [3.63, 3.8) is 0 Å². The van der Waals surface area contributed by atoms with Crippen LogP contribution in [0.15, 0.2) is 66.7 Å². The molecule has 0 amide bonds. The number of nitrogens with zero attached hydrogens (tertiary/aromatic N) is 1. The first kappa shape index (κ1) is 16.4. The fraction of sp³-hybridized carbons (Fsp3) is 0.0526. The Morgan fingerprint density at radius 2 is 1.42 bits per heavy atom. The fourth-order valence-electron chi connectivity index (χ4n) is 2.49. The summed E-state index contributed by atoms with van der Waals surface area (Å²) in [6.07, 6.45) is 0. The van der Waals surface area contributed by atoms with Gasteiger partial charge in [-0.15, -0.1) is 0 Å². The Labute approximate surface area is 142 Å². The average molecular weight is 348 g/mol. The SMILES string of the molecule is Fc1cccc(CN(c2ccc(Cl)cc2)c2c(F)cccc2F)c1. The monoisotopic (exact) mass is 347 g/mol. The topological polar surface area (TPSA) is 3.24 Å². The van der Waals surface area contributed by atoms with Crippen LogP contribution in [0.5, 0.6) is 0 Å². The van der Waals surface area contributed by atoms with Gasteiger partial charge < -0.3 is 4.90 Å². The predicted octanol–water partition coefficient (Wildman–Crippen LogP) is 6.10. The number of anilines is 2. The van der Waals surface area contributed by atoms with Gasteiger partial charge in [0.25, 0.3) is 0 Å². The third-order valence-electron chi connectivity index (χ3n) is 3.58. The van der Waals surface area contributed by atoms with Crippen LogP contribution in [-0.4, -0.2) is 0 Å². The second-order valence-electron chi connectivity index (χ2n) is 5.26. The number of para-hydroxylation sites is 1. The Morgan fingerprint density at radius 1 is 0.792 bits per heavy atom. The molecule has 0 saturated heterocycles. The summed E-state index contributed by atoms with van der Waals surface area (Å²) in [6, 6.07) is 16.2. The minimum atomic E-state index is -0.693. The zero-order chi connectivity index (χ0) is 17.1. The quantitative estimate of drug-likeness (QED) is 0.551. The second kappa shape index (κ2) is 6.97. The molecule has 0 bridgehead atoms. The molecule has 0 aromatic heterocycles. The van der Waals surface area contributed by atoms with E-state index in [1.54, 1.807) is 36.4 Å². The Bertz CT molecular complexity index is 829. The first-order chi connectivity index (χ1) is 11.5. The molecule has 0 fully saturated rings. The molecule has 0 aliphatic carbocycles. The van der Waals surface area contributed by atoms with Crippen molar-refractivity contribution in [3.05, 3.63) is 94.8 Å². The van der Waals surface area contributed by atoms with Gasteiger partial charge in [0.05, 0.1) is 0 Å². The van der Waals surface area contributed by atoms with E-state index in [0.29, 0.717) is 16.3 Å². The van der Waals surface area contributed by atoms with E-state index in [9.17, 15) is 13.2 Å². The third kappa shape index (κ3) is 3.54. The van der Waals surface area contributed by atoms with Crippen molar-refractivity contribution in [2.24, 2.45) is 0 Å². The van der Waals surface area contributed by atoms with Crippen molar-refractivity contribution in [2.75, 3.05) is 4.90 Å². The van der Waals surface area contributed by atoms with Gasteiger partial charge in [0.2, 0.25) is 0 Å². The Kier molecular flexibility index (Phi) is 4.76. The molecule has 0 N–H and O–H groups in total. The molecule has 0 spiro atoms. The standard InChI is InChI=1S/C19H13ClF3N/c20-14-7-9-16(10-8-14)24(12-13-3-1-4-15(21)11-13)19-17(22)5-2-6-18(19)23/h1-11H,12H2. The Hall–Kier alpha value is -2.46. The zero-order valence-corrected chi connectivity index (χ0v) is 13.3. The van der Waals surface area contributed by atoms with Gasteiger partial charge in [-0.3, -0.25) is 0 Å². The van der Waals surface area contributed by atoms with Crippen LogP contribution in [0, 0.1) is 17.5 Å². The van der Waals surface area contributed by atoms with Crippen LogP contribution >= 0.6 is 11.6 Å². The number of benzene rings is 3. The summed E-state index contributed by atoms with van der Waals surface area (Å²) in [5.41, 5.74) is 0.948. The van der Waals surface area contributed by atoms with Crippen molar-refractivity contribution in [3.8, 4) is 0 Å². The van der Waals surface area contributed by atoms with Crippen molar-refractivity contribution >= 4 is 23.0 Å². The van der Waals surface area contributed by atoms with Crippen molar-refractivity contribution in [1.82, 2.24) is 0 Å². The predicted molar refractivity (Wildman–Crippen MR) is 90.1 cm³/mol. The Morgan fingerprint density at radius 3 is 2.04 bits per heavy atom. The molecule has 3 aromatic carbocycles. The number of halogens is 4. The molecule has 3 aromatic rings. The molecule has 0 heterocycles. The van der Waals surface area contributed by atoms with Crippen molar-refractivity contribution in [2.45, 2.75) is 6.54 Å². The lowest BCUT2D eigenvalue weighted by Gasteiger charge is -2.26. The lowest BCUT2D eigenvalue weighted by Crippen LogP contribution is -2.19. The maximum atomic E-state index is 14.3. The number of hydrogen-bond acceptors (Lipinski definition) is 1. The van der Waals surface area contributed by atoms with Crippen LogP contribution in [0.25, 0.3) is 0 Å². The molecule has 3 rings (SSSR count). The zero-order valence-electron chi connectivity index (χ0n) is 12.5. The molecule has 0 aliphatic rings.